The Morgan fingerprint density at radius 3 is 2.50 bits per heavy atom. The number of halogens is 1. The predicted octanol–water partition coefficient (Wildman–Crippen LogP) is 5.74. The summed E-state index contributed by atoms with van der Waals surface area (Å²) in [5, 5.41) is 16.8. The molecular formula is C44H49ClN6O5. The lowest BCUT2D eigenvalue weighted by Crippen LogP contribution is -2.51. The molecule has 0 spiro atoms. The molecule has 0 radical (unpaired) electrons. The fourth-order valence-corrected chi connectivity index (χ4v) is 8.89. The Morgan fingerprint density at radius 2 is 1.70 bits per heavy atom. The first-order valence-electron chi connectivity index (χ1n) is 20.0. The SMILES string of the molecule is O=C(NCCC[C@@H](Cc1ccccc1)C(=O)N1CCC(O)(Cn2cnc3cc(N4CCOCC4)ccc3c2=O)CC1)c1ccc2c(Cl)c3c(nc2c1)CCCC3. The van der Waals surface area contributed by atoms with Crippen molar-refractivity contribution in [1.29, 1.82) is 0 Å². The molecule has 2 aliphatic heterocycles. The van der Waals surface area contributed by atoms with Gasteiger partial charge in [0.25, 0.3) is 11.5 Å². The maximum atomic E-state index is 14.1. The lowest BCUT2D eigenvalue weighted by atomic mass is 9.88. The number of anilines is 1. The van der Waals surface area contributed by atoms with Gasteiger partial charge in [-0.05, 0) is 99.2 Å². The van der Waals surface area contributed by atoms with Crippen LogP contribution < -0.4 is 15.8 Å². The lowest BCUT2D eigenvalue weighted by Gasteiger charge is -2.39. The smallest absolute Gasteiger partial charge is 0.261 e. The number of fused-ring (bicyclic) bond motifs is 3. The largest absolute Gasteiger partial charge is 0.388 e. The standard InChI is InChI=1S/C44H49ClN6O5/c45-40-34-10-4-5-11-37(34)48-39-26-31(12-14-35(39)40)41(52)46-18-6-9-32(25-30-7-2-1-3-8-30)42(53)50-19-16-44(55,17-20-50)28-51-29-47-38-27-33(13-15-36(38)43(51)54)49-21-23-56-24-22-49/h1-3,7-8,12-15,26-27,29,32,55H,4-6,9-11,16-25,28H2,(H,46,52)/t32-/m0/s1. The van der Waals surface area contributed by atoms with Crippen LogP contribution in [0, 0.1) is 5.92 Å². The Morgan fingerprint density at radius 1 is 0.929 bits per heavy atom. The van der Waals surface area contributed by atoms with Gasteiger partial charge in [-0.1, -0.05) is 48.0 Å². The summed E-state index contributed by atoms with van der Waals surface area (Å²) in [5.41, 5.74) is 4.83. The third-order valence-corrected chi connectivity index (χ3v) is 12.2. The van der Waals surface area contributed by atoms with E-state index in [0.29, 0.717) is 81.4 Å². The number of hydrogen-bond acceptors (Lipinski definition) is 8. The topological polar surface area (TPSA) is 130 Å². The fraction of sp³-hybridized carbons (Fsp3) is 0.432. The molecule has 11 nitrogen and oxygen atoms in total. The molecule has 1 atom stereocenters. The molecule has 8 rings (SSSR count). The van der Waals surface area contributed by atoms with E-state index in [0.717, 1.165) is 77.2 Å². The number of ether oxygens (including phenoxy) is 1. The molecule has 0 bridgehead atoms. The molecule has 1 aliphatic carbocycles. The minimum absolute atomic E-state index is 0.0451. The number of rotatable bonds is 11. The number of nitrogens with zero attached hydrogens (tertiary/aromatic N) is 5. The highest BCUT2D eigenvalue weighted by molar-refractivity contribution is 6.36. The lowest BCUT2D eigenvalue weighted by molar-refractivity contribution is -0.140. The number of hydrogen-bond donors (Lipinski definition) is 2. The predicted molar refractivity (Wildman–Crippen MR) is 218 cm³/mol. The summed E-state index contributed by atoms with van der Waals surface area (Å²) < 4.78 is 6.97. The summed E-state index contributed by atoms with van der Waals surface area (Å²) in [6, 6.07) is 21.2. The van der Waals surface area contributed by atoms with Crippen molar-refractivity contribution in [1.82, 2.24) is 24.8 Å². The Labute approximate surface area is 331 Å². The van der Waals surface area contributed by atoms with Gasteiger partial charge in [0.05, 0.1) is 53.1 Å². The second-order valence-corrected chi connectivity index (χ2v) is 16.0. The van der Waals surface area contributed by atoms with Crippen LogP contribution in [0.1, 0.15) is 65.7 Å². The third kappa shape index (κ3) is 8.31. The monoisotopic (exact) mass is 776 g/mol. The summed E-state index contributed by atoms with van der Waals surface area (Å²) in [7, 11) is 0. The Hall–Kier alpha value is -4.84. The number of morpholine rings is 1. The van der Waals surface area contributed by atoms with Crippen molar-refractivity contribution < 1.29 is 19.4 Å². The molecule has 12 heteroatoms. The van der Waals surface area contributed by atoms with Crippen LogP contribution in [-0.2, 0) is 35.3 Å². The maximum absolute atomic E-state index is 14.1. The van der Waals surface area contributed by atoms with Gasteiger partial charge in [-0.2, -0.15) is 0 Å². The number of pyridine rings is 1. The Kier molecular flexibility index (Phi) is 11.4. The zero-order chi connectivity index (χ0) is 38.6. The van der Waals surface area contributed by atoms with Crippen LogP contribution in [0.3, 0.4) is 0 Å². The van der Waals surface area contributed by atoms with Gasteiger partial charge in [-0.15, -0.1) is 0 Å². The van der Waals surface area contributed by atoms with E-state index in [2.05, 4.69) is 15.2 Å². The number of amides is 2. The van der Waals surface area contributed by atoms with Crippen LogP contribution in [0.2, 0.25) is 5.02 Å². The van der Waals surface area contributed by atoms with Gasteiger partial charge in [-0.25, -0.2) is 4.98 Å². The zero-order valence-corrected chi connectivity index (χ0v) is 32.5. The number of carbonyl (C=O) groups is 2. The van der Waals surface area contributed by atoms with Gasteiger partial charge >= 0.3 is 0 Å². The normalized spacial score (nSPS) is 17.5. The molecule has 2 aromatic heterocycles. The van der Waals surface area contributed by atoms with E-state index in [1.54, 1.807) is 6.07 Å². The molecule has 4 heterocycles. The summed E-state index contributed by atoms with van der Waals surface area (Å²) in [5.74, 6) is -0.417. The molecule has 3 aromatic carbocycles. The number of nitrogens with one attached hydrogen (secondary N) is 1. The Bertz CT molecular complexity index is 2280. The number of carbonyl (C=O) groups excluding carboxylic acids is 2. The molecule has 2 fully saturated rings. The fourth-order valence-electron chi connectivity index (χ4n) is 8.53. The average molecular weight is 777 g/mol. The van der Waals surface area contributed by atoms with Crippen LogP contribution >= 0.6 is 11.6 Å². The van der Waals surface area contributed by atoms with Crippen molar-refractivity contribution in [2.45, 2.75) is 69.9 Å². The first-order chi connectivity index (χ1) is 27.2. The summed E-state index contributed by atoms with van der Waals surface area (Å²) in [6.45, 7) is 4.25. The quantitative estimate of drug-likeness (QED) is 0.163. The summed E-state index contributed by atoms with van der Waals surface area (Å²) >= 11 is 6.75. The number of aryl methyl sites for hydroxylation is 1. The van der Waals surface area contributed by atoms with E-state index in [1.807, 2.05) is 65.6 Å². The first-order valence-corrected chi connectivity index (χ1v) is 20.4. The molecule has 56 heavy (non-hydrogen) atoms. The number of aliphatic hydroxyl groups is 1. The van der Waals surface area contributed by atoms with Gasteiger partial charge in [0.15, 0.2) is 0 Å². The van der Waals surface area contributed by atoms with Crippen molar-refractivity contribution in [3.05, 3.63) is 111 Å². The first kappa shape index (κ1) is 38.1. The van der Waals surface area contributed by atoms with Crippen molar-refractivity contribution in [3.8, 4) is 0 Å². The molecule has 3 aliphatic rings. The number of aromatic nitrogens is 3. The molecule has 0 saturated carbocycles. The van der Waals surface area contributed by atoms with E-state index in [9.17, 15) is 19.5 Å². The van der Waals surface area contributed by atoms with Gasteiger partial charge in [0.2, 0.25) is 5.91 Å². The number of likely N-dealkylation sites (tertiary alicyclic amines) is 1. The van der Waals surface area contributed by atoms with E-state index in [4.69, 9.17) is 21.3 Å². The van der Waals surface area contributed by atoms with Gasteiger partial charge in [0, 0.05) is 61.0 Å². The maximum Gasteiger partial charge on any atom is 0.261 e. The van der Waals surface area contributed by atoms with Crippen molar-refractivity contribution in [2.75, 3.05) is 50.8 Å². The van der Waals surface area contributed by atoms with Crippen molar-refractivity contribution in [2.24, 2.45) is 5.92 Å². The minimum atomic E-state index is -1.15. The van der Waals surface area contributed by atoms with Crippen molar-refractivity contribution >= 4 is 50.9 Å². The average Bonchev–Trinajstić information content (AvgIpc) is 3.23. The van der Waals surface area contributed by atoms with Crippen molar-refractivity contribution in [3.63, 3.8) is 0 Å². The molecule has 2 saturated heterocycles. The van der Waals surface area contributed by atoms with Gasteiger partial charge in [-0.3, -0.25) is 23.9 Å². The molecular weight excluding hydrogens is 728 g/mol. The van der Waals surface area contributed by atoms with E-state index in [1.165, 1.54) is 10.9 Å². The van der Waals surface area contributed by atoms with Crippen LogP contribution in [-0.4, -0.2) is 87.9 Å². The second-order valence-electron chi connectivity index (χ2n) is 15.6. The highest BCUT2D eigenvalue weighted by atomic mass is 35.5. The summed E-state index contributed by atoms with van der Waals surface area (Å²) in [6.07, 6.45) is 8.10. The van der Waals surface area contributed by atoms with E-state index < -0.39 is 5.60 Å². The molecule has 2 N–H and O–H groups in total. The molecule has 5 aromatic rings. The van der Waals surface area contributed by atoms with Gasteiger partial charge < -0.3 is 25.0 Å². The molecule has 292 valence electrons. The van der Waals surface area contributed by atoms with E-state index >= 15 is 0 Å². The zero-order valence-electron chi connectivity index (χ0n) is 31.7. The minimum Gasteiger partial charge on any atom is -0.388 e. The molecule has 0 unspecified atom stereocenters. The highest BCUT2D eigenvalue weighted by Crippen LogP contribution is 2.33. The van der Waals surface area contributed by atoms with Crippen LogP contribution in [0.5, 0.6) is 0 Å². The van der Waals surface area contributed by atoms with Crippen LogP contribution in [0.15, 0.2) is 77.9 Å². The second kappa shape index (κ2) is 16.7. The van der Waals surface area contributed by atoms with Gasteiger partial charge in [0.1, 0.15) is 0 Å². The summed E-state index contributed by atoms with van der Waals surface area (Å²) in [4.78, 5) is 54.3. The molecule has 2 amide bonds. The number of piperidine rings is 1. The third-order valence-electron chi connectivity index (χ3n) is 11.8. The highest BCUT2D eigenvalue weighted by Gasteiger charge is 2.36. The van der Waals surface area contributed by atoms with Crippen LogP contribution in [0.25, 0.3) is 21.8 Å². The van der Waals surface area contributed by atoms with E-state index in [-0.39, 0.29) is 29.8 Å². The number of benzene rings is 3. The Balaban J connectivity index is 0.879. The van der Waals surface area contributed by atoms with Crippen LogP contribution in [0.4, 0.5) is 5.69 Å².